The second-order valence-electron chi connectivity index (χ2n) is 7.13. The van der Waals surface area contributed by atoms with E-state index in [1.54, 1.807) is 11.3 Å². The molecule has 0 N–H and O–H groups in total. The Hall–Kier alpha value is -0.980. The second kappa shape index (κ2) is 6.49. The highest BCUT2D eigenvalue weighted by Gasteiger charge is 2.41. The van der Waals surface area contributed by atoms with Crippen LogP contribution < -0.4 is 0 Å². The molecular weight excluding hydrogens is 310 g/mol. The Kier molecular flexibility index (Phi) is 4.39. The number of hydrogen-bond acceptors (Lipinski definition) is 5. The molecule has 6 heteroatoms. The molecule has 2 atom stereocenters. The van der Waals surface area contributed by atoms with Crippen molar-refractivity contribution in [1.82, 2.24) is 14.8 Å². The number of hydrogen-bond donors (Lipinski definition) is 0. The average Bonchev–Trinajstić information content (AvgIpc) is 2.99. The van der Waals surface area contributed by atoms with Gasteiger partial charge in [-0.2, -0.15) is 0 Å². The first-order valence-electron chi connectivity index (χ1n) is 8.73. The monoisotopic (exact) mass is 335 g/mol. The molecule has 0 aromatic carbocycles. The lowest BCUT2D eigenvalue weighted by atomic mass is 9.84. The zero-order valence-electron chi connectivity index (χ0n) is 13.7. The van der Waals surface area contributed by atoms with Crippen LogP contribution in [0.2, 0.25) is 0 Å². The Morgan fingerprint density at radius 1 is 1.39 bits per heavy atom. The van der Waals surface area contributed by atoms with E-state index in [9.17, 15) is 4.79 Å². The topological polar surface area (TPSA) is 45.7 Å². The number of likely N-dealkylation sites (tertiary alicyclic amines) is 1. The fraction of sp³-hybridized carbons (Fsp3) is 0.765. The molecule has 23 heavy (non-hydrogen) atoms. The minimum Gasteiger partial charge on any atom is -0.375 e. The summed E-state index contributed by atoms with van der Waals surface area (Å²) in [6, 6.07) is 0. The van der Waals surface area contributed by atoms with Crippen LogP contribution in [0.3, 0.4) is 0 Å². The van der Waals surface area contributed by atoms with Gasteiger partial charge in [0.25, 0.3) is 0 Å². The van der Waals surface area contributed by atoms with Crippen molar-refractivity contribution in [3.05, 3.63) is 16.1 Å². The third-order valence-corrected chi connectivity index (χ3v) is 6.25. The maximum absolute atomic E-state index is 12.5. The largest absolute Gasteiger partial charge is 0.375 e. The number of nitrogens with zero attached hydrogens (tertiary/aromatic N) is 3. The van der Waals surface area contributed by atoms with E-state index in [4.69, 9.17) is 4.74 Å². The smallest absolute Gasteiger partial charge is 0.225 e. The van der Waals surface area contributed by atoms with Crippen LogP contribution in [0.1, 0.15) is 30.0 Å². The molecule has 5 nitrogen and oxygen atoms in total. The number of carbonyl (C=O) groups excluding carboxylic acids is 1. The number of thiazole rings is 1. The van der Waals surface area contributed by atoms with Gasteiger partial charge < -0.3 is 9.64 Å². The number of fused-ring (bicyclic) bond motifs is 1. The zero-order valence-corrected chi connectivity index (χ0v) is 14.6. The van der Waals surface area contributed by atoms with Gasteiger partial charge in [0.15, 0.2) is 0 Å². The van der Waals surface area contributed by atoms with E-state index >= 15 is 0 Å². The van der Waals surface area contributed by atoms with Crippen molar-refractivity contribution in [2.24, 2.45) is 11.8 Å². The summed E-state index contributed by atoms with van der Waals surface area (Å²) in [4.78, 5) is 21.6. The third kappa shape index (κ3) is 3.30. The van der Waals surface area contributed by atoms with Crippen LogP contribution in [0.4, 0.5) is 0 Å². The lowest BCUT2D eigenvalue weighted by Gasteiger charge is -2.29. The number of carbonyl (C=O) groups is 1. The van der Waals surface area contributed by atoms with E-state index in [-0.39, 0.29) is 6.10 Å². The van der Waals surface area contributed by atoms with Crippen LogP contribution in [0.25, 0.3) is 0 Å². The predicted molar refractivity (Wildman–Crippen MR) is 89.3 cm³/mol. The van der Waals surface area contributed by atoms with Crippen molar-refractivity contribution in [2.75, 3.05) is 32.8 Å². The second-order valence-corrected chi connectivity index (χ2v) is 8.20. The molecule has 0 unspecified atom stereocenters. The molecule has 1 aliphatic carbocycles. The molecule has 126 valence electrons. The van der Waals surface area contributed by atoms with E-state index in [1.807, 2.05) is 0 Å². The highest BCUT2D eigenvalue weighted by Crippen LogP contribution is 2.32. The molecule has 4 rings (SSSR count). The first-order valence-corrected chi connectivity index (χ1v) is 9.61. The van der Waals surface area contributed by atoms with Gasteiger partial charge in [-0.3, -0.25) is 9.69 Å². The maximum Gasteiger partial charge on any atom is 0.225 e. The Balaban J connectivity index is 1.37. The predicted octanol–water partition coefficient (Wildman–Crippen LogP) is 1.91. The Bertz CT molecular complexity index is 572. The van der Waals surface area contributed by atoms with Gasteiger partial charge in [-0.1, -0.05) is 6.42 Å². The number of amides is 1. The van der Waals surface area contributed by atoms with Crippen LogP contribution in [0, 0.1) is 18.8 Å². The van der Waals surface area contributed by atoms with Crippen molar-refractivity contribution in [3.8, 4) is 0 Å². The summed E-state index contributed by atoms with van der Waals surface area (Å²) in [6.07, 6.45) is 3.61. The van der Waals surface area contributed by atoms with E-state index in [0.717, 1.165) is 62.9 Å². The van der Waals surface area contributed by atoms with Crippen molar-refractivity contribution < 1.29 is 9.53 Å². The Labute approximate surface area is 141 Å². The van der Waals surface area contributed by atoms with E-state index in [2.05, 4.69) is 27.1 Å². The fourth-order valence-corrected chi connectivity index (χ4v) is 4.51. The van der Waals surface area contributed by atoms with Crippen LogP contribution in [-0.4, -0.2) is 59.6 Å². The van der Waals surface area contributed by atoms with Gasteiger partial charge in [-0.05, 0) is 19.8 Å². The quantitative estimate of drug-likeness (QED) is 0.846. The number of ether oxygens (including phenoxy) is 1. The minimum absolute atomic E-state index is 0.223. The Morgan fingerprint density at radius 2 is 2.26 bits per heavy atom. The highest BCUT2D eigenvalue weighted by molar-refractivity contribution is 7.09. The van der Waals surface area contributed by atoms with E-state index < -0.39 is 0 Å². The van der Waals surface area contributed by atoms with Gasteiger partial charge in [0, 0.05) is 49.9 Å². The van der Waals surface area contributed by atoms with E-state index in [1.165, 1.54) is 6.42 Å². The standard InChI is InChI=1S/C17H25N3O2S/c1-12-18-15(11-23-12)9-19-5-6-22-16-10-20(8-14(16)7-19)17(21)13-3-2-4-13/h11,13-14,16H,2-10H2,1H3/t14-,16+/m1/s1. The van der Waals surface area contributed by atoms with Gasteiger partial charge in [0.05, 0.1) is 23.4 Å². The van der Waals surface area contributed by atoms with Gasteiger partial charge in [0.1, 0.15) is 0 Å². The van der Waals surface area contributed by atoms with Crippen molar-refractivity contribution in [3.63, 3.8) is 0 Å². The molecule has 2 saturated heterocycles. The first-order chi connectivity index (χ1) is 11.2. The molecule has 0 spiro atoms. The molecule has 0 bridgehead atoms. The summed E-state index contributed by atoms with van der Waals surface area (Å²) >= 11 is 1.71. The third-order valence-electron chi connectivity index (χ3n) is 5.43. The maximum atomic E-state index is 12.5. The van der Waals surface area contributed by atoms with Crippen LogP contribution in [0.15, 0.2) is 5.38 Å². The summed E-state index contributed by atoms with van der Waals surface area (Å²) in [6.45, 7) is 7.34. The summed E-state index contributed by atoms with van der Waals surface area (Å²) < 4.78 is 6.06. The van der Waals surface area contributed by atoms with Crippen molar-refractivity contribution >= 4 is 17.2 Å². The SMILES string of the molecule is Cc1nc(CN2CCO[C@H]3CN(C(=O)C4CCC4)C[C@H]3C2)cs1. The summed E-state index contributed by atoms with van der Waals surface area (Å²) in [7, 11) is 0. The number of aryl methyl sites for hydroxylation is 1. The van der Waals surface area contributed by atoms with Gasteiger partial charge >= 0.3 is 0 Å². The molecule has 2 aliphatic heterocycles. The molecule has 1 aromatic heterocycles. The van der Waals surface area contributed by atoms with Gasteiger partial charge in [-0.25, -0.2) is 4.98 Å². The lowest BCUT2D eigenvalue weighted by molar-refractivity contribution is -0.137. The van der Waals surface area contributed by atoms with Crippen molar-refractivity contribution in [1.29, 1.82) is 0 Å². The molecule has 1 amide bonds. The van der Waals surface area contributed by atoms with Crippen LogP contribution in [-0.2, 0) is 16.1 Å². The molecule has 0 radical (unpaired) electrons. The van der Waals surface area contributed by atoms with Crippen molar-refractivity contribution in [2.45, 2.75) is 38.8 Å². The fourth-order valence-electron chi connectivity index (χ4n) is 3.91. The average molecular weight is 335 g/mol. The Morgan fingerprint density at radius 3 is 2.96 bits per heavy atom. The van der Waals surface area contributed by atoms with Crippen LogP contribution >= 0.6 is 11.3 Å². The first kappa shape index (κ1) is 15.5. The summed E-state index contributed by atoms with van der Waals surface area (Å²) in [5.74, 6) is 1.11. The normalized spacial score (nSPS) is 29.2. The van der Waals surface area contributed by atoms with Gasteiger partial charge in [-0.15, -0.1) is 11.3 Å². The molecule has 3 fully saturated rings. The highest BCUT2D eigenvalue weighted by atomic mass is 32.1. The summed E-state index contributed by atoms with van der Waals surface area (Å²) in [5, 5.41) is 3.28. The van der Waals surface area contributed by atoms with E-state index in [0.29, 0.717) is 17.7 Å². The number of rotatable bonds is 3. The molecule has 1 saturated carbocycles. The molecule has 3 aliphatic rings. The molecular formula is C17H25N3O2S. The number of aromatic nitrogens is 1. The minimum atomic E-state index is 0.223. The summed E-state index contributed by atoms with van der Waals surface area (Å²) in [5.41, 5.74) is 1.16. The van der Waals surface area contributed by atoms with Gasteiger partial charge in [0.2, 0.25) is 5.91 Å². The van der Waals surface area contributed by atoms with Crippen LogP contribution in [0.5, 0.6) is 0 Å². The molecule has 1 aromatic rings. The zero-order chi connectivity index (χ0) is 15.8. The lowest BCUT2D eigenvalue weighted by Crippen LogP contribution is -2.39. The molecule has 3 heterocycles.